The number of nitrogens with zero attached hydrogens (tertiary/aromatic N) is 5. The minimum absolute atomic E-state index is 0.0258. The summed E-state index contributed by atoms with van der Waals surface area (Å²) in [7, 11) is 1.70. The zero-order valence-electron chi connectivity index (χ0n) is 7.08. The second-order valence-electron chi connectivity index (χ2n) is 2.96. The summed E-state index contributed by atoms with van der Waals surface area (Å²) in [5, 5.41) is 11.0. The number of aryl methyl sites for hydroxylation is 1. The van der Waals surface area contributed by atoms with Gasteiger partial charge in [-0.3, -0.25) is 9.69 Å². The number of rotatable bonds is 1. The number of hydrogen-bond acceptors (Lipinski definition) is 5. The van der Waals surface area contributed by atoms with Crippen LogP contribution in [0.25, 0.3) is 0 Å². The van der Waals surface area contributed by atoms with Gasteiger partial charge in [-0.15, -0.1) is 0 Å². The molecule has 1 saturated heterocycles. The van der Waals surface area contributed by atoms with Crippen molar-refractivity contribution >= 4 is 24.5 Å². The molecule has 1 atom stereocenters. The Morgan fingerprint density at radius 2 is 2.38 bits per heavy atom. The molecule has 2 rings (SSSR count). The summed E-state index contributed by atoms with van der Waals surface area (Å²) in [6.45, 7) is 0.580. The Balaban J connectivity index is 2.27. The van der Waals surface area contributed by atoms with Crippen molar-refractivity contribution < 1.29 is 4.79 Å². The van der Waals surface area contributed by atoms with Crippen LogP contribution in [0.1, 0.15) is 6.42 Å². The van der Waals surface area contributed by atoms with Crippen LogP contribution in [-0.2, 0) is 11.8 Å². The molecule has 0 bridgehead atoms. The van der Waals surface area contributed by atoms with Crippen molar-refractivity contribution in [3.63, 3.8) is 0 Å². The van der Waals surface area contributed by atoms with Crippen molar-refractivity contribution in [3.05, 3.63) is 0 Å². The largest absolute Gasteiger partial charge is 0.278 e. The average molecular weight is 199 g/mol. The van der Waals surface area contributed by atoms with Crippen LogP contribution >= 0.6 is 12.6 Å². The molecule has 0 spiro atoms. The molecule has 6 nitrogen and oxygen atoms in total. The zero-order chi connectivity index (χ0) is 9.42. The van der Waals surface area contributed by atoms with Crippen LogP contribution < -0.4 is 4.90 Å². The molecule has 7 heteroatoms. The van der Waals surface area contributed by atoms with E-state index in [4.69, 9.17) is 0 Å². The van der Waals surface area contributed by atoms with E-state index < -0.39 is 0 Å². The Kier molecular flexibility index (Phi) is 1.95. The monoisotopic (exact) mass is 199 g/mol. The first kappa shape index (κ1) is 8.49. The van der Waals surface area contributed by atoms with Gasteiger partial charge >= 0.3 is 0 Å². The predicted molar refractivity (Wildman–Crippen MR) is 48.5 cm³/mol. The van der Waals surface area contributed by atoms with Gasteiger partial charge in [-0.2, -0.15) is 12.6 Å². The van der Waals surface area contributed by atoms with Crippen molar-refractivity contribution in [2.75, 3.05) is 11.4 Å². The Hall–Kier alpha value is -1.11. The van der Waals surface area contributed by atoms with Gasteiger partial charge in [-0.1, -0.05) is 5.10 Å². The average Bonchev–Trinajstić information content (AvgIpc) is 2.58. The molecule has 1 amide bonds. The van der Waals surface area contributed by atoms with Gasteiger partial charge in [0.1, 0.15) is 0 Å². The second-order valence-corrected chi connectivity index (χ2v) is 3.70. The highest BCUT2D eigenvalue weighted by Crippen LogP contribution is 2.20. The summed E-state index contributed by atoms with van der Waals surface area (Å²) in [4.78, 5) is 13.0. The molecule has 1 aromatic rings. The van der Waals surface area contributed by atoms with E-state index in [0.29, 0.717) is 18.9 Å². The Labute approximate surface area is 80.3 Å². The smallest absolute Gasteiger partial charge is 0.251 e. The van der Waals surface area contributed by atoms with Crippen molar-refractivity contribution in [2.45, 2.75) is 11.7 Å². The SMILES string of the molecule is Cn1nnnc1N1CC(S)CC1=O. The van der Waals surface area contributed by atoms with Crippen LogP contribution in [-0.4, -0.2) is 37.9 Å². The lowest BCUT2D eigenvalue weighted by Gasteiger charge is -2.11. The molecule has 0 radical (unpaired) electrons. The van der Waals surface area contributed by atoms with Crippen molar-refractivity contribution in [3.8, 4) is 0 Å². The maximum atomic E-state index is 11.4. The third-order valence-electron chi connectivity index (χ3n) is 1.94. The Morgan fingerprint density at radius 1 is 1.62 bits per heavy atom. The van der Waals surface area contributed by atoms with E-state index in [2.05, 4.69) is 28.2 Å². The van der Waals surface area contributed by atoms with E-state index in [-0.39, 0.29) is 11.2 Å². The van der Waals surface area contributed by atoms with Crippen LogP contribution in [0.15, 0.2) is 0 Å². The Bertz CT molecular complexity index is 338. The molecule has 1 aliphatic rings. The van der Waals surface area contributed by atoms with Gasteiger partial charge in [-0.25, -0.2) is 4.68 Å². The third-order valence-corrected chi connectivity index (χ3v) is 2.29. The fraction of sp³-hybridized carbons (Fsp3) is 0.667. The van der Waals surface area contributed by atoms with Gasteiger partial charge in [0, 0.05) is 25.3 Å². The van der Waals surface area contributed by atoms with E-state index >= 15 is 0 Å². The highest BCUT2D eigenvalue weighted by molar-refractivity contribution is 7.81. The molecular formula is C6H9N5OS. The summed E-state index contributed by atoms with van der Waals surface area (Å²) < 4.78 is 1.48. The number of anilines is 1. The number of tetrazole rings is 1. The van der Waals surface area contributed by atoms with E-state index in [1.54, 1.807) is 11.9 Å². The number of carbonyl (C=O) groups excluding carboxylic acids is 1. The lowest BCUT2D eigenvalue weighted by molar-refractivity contribution is -0.117. The summed E-state index contributed by atoms with van der Waals surface area (Å²) in [5.41, 5.74) is 0. The minimum atomic E-state index is 0.0258. The molecule has 0 aromatic carbocycles. The molecule has 1 aliphatic heterocycles. The third kappa shape index (κ3) is 1.39. The first-order valence-electron chi connectivity index (χ1n) is 3.89. The topological polar surface area (TPSA) is 63.9 Å². The number of aromatic nitrogens is 4. The molecule has 1 fully saturated rings. The minimum Gasteiger partial charge on any atom is -0.278 e. The molecular weight excluding hydrogens is 190 g/mol. The fourth-order valence-electron chi connectivity index (χ4n) is 1.34. The van der Waals surface area contributed by atoms with Gasteiger partial charge in [0.05, 0.1) is 0 Å². The summed E-state index contributed by atoms with van der Waals surface area (Å²) in [5.74, 6) is 0.513. The molecule has 0 N–H and O–H groups in total. The van der Waals surface area contributed by atoms with E-state index in [0.717, 1.165) is 0 Å². The summed E-state index contributed by atoms with van der Waals surface area (Å²) in [6.07, 6.45) is 0.454. The van der Waals surface area contributed by atoms with Crippen molar-refractivity contribution in [1.29, 1.82) is 0 Å². The summed E-state index contributed by atoms with van der Waals surface area (Å²) in [6, 6.07) is 0. The normalized spacial score (nSPS) is 22.8. The highest BCUT2D eigenvalue weighted by atomic mass is 32.1. The maximum absolute atomic E-state index is 11.4. The number of thiol groups is 1. The van der Waals surface area contributed by atoms with Gasteiger partial charge in [0.25, 0.3) is 5.95 Å². The van der Waals surface area contributed by atoms with Crippen LogP contribution in [0.2, 0.25) is 0 Å². The molecule has 0 saturated carbocycles. The predicted octanol–water partition coefficient (Wildman–Crippen LogP) is -0.755. The summed E-state index contributed by atoms with van der Waals surface area (Å²) >= 11 is 4.24. The first-order chi connectivity index (χ1) is 6.18. The molecule has 0 aliphatic carbocycles. The Morgan fingerprint density at radius 3 is 2.85 bits per heavy atom. The molecule has 13 heavy (non-hydrogen) atoms. The van der Waals surface area contributed by atoms with Gasteiger partial charge in [0.15, 0.2) is 0 Å². The molecule has 1 unspecified atom stereocenters. The van der Waals surface area contributed by atoms with Gasteiger partial charge in [0.2, 0.25) is 5.91 Å². The zero-order valence-corrected chi connectivity index (χ0v) is 7.98. The fourth-order valence-corrected chi connectivity index (χ4v) is 1.65. The molecule has 70 valence electrons. The standard InChI is InChI=1S/C6H9N5OS/c1-10-6(7-8-9-10)11-3-4(13)2-5(11)12/h4,13H,2-3H2,1H3. The highest BCUT2D eigenvalue weighted by Gasteiger charge is 2.31. The van der Waals surface area contributed by atoms with Crippen LogP contribution in [0, 0.1) is 0 Å². The van der Waals surface area contributed by atoms with Gasteiger partial charge in [-0.05, 0) is 10.4 Å². The van der Waals surface area contributed by atoms with E-state index in [1.807, 2.05) is 0 Å². The van der Waals surface area contributed by atoms with Crippen LogP contribution in [0.3, 0.4) is 0 Å². The van der Waals surface area contributed by atoms with Crippen molar-refractivity contribution in [2.24, 2.45) is 7.05 Å². The lowest BCUT2D eigenvalue weighted by atomic mass is 10.4. The van der Waals surface area contributed by atoms with Crippen LogP contribution in [0.4, 0.5) is 5.95 Å². The molecule has 2 heterocycles. The maximum Gasteiger partial charge on any atom is 0.251 e. The first-order valence-corrected chi connectivity index (χ1v) is 4.41. The van der Waals surface area contributed by atoms with Gasteiger partial charge < -0.3 is 0 Å². The van der Waals surface area contributed by atoms with Crippen LogP contribution in [0.5, 0.6) is 0 Å². The van der Waals surface area contributed by atoms with E-state index in [1.165, 1.54) is 4.68 Å². The van der Waals surface area contributed by atoms with E-state index in [9.17, 15) is 4.79 Å². The second kappa shape index (κ2) is 2.99. The molecule has 1 aromatic heterocycles. The number of carbonyl (C=O) groups is 1. The number of hydrogen-bond donors (Lipinski definition) is 1. The van der Waals surface area contributed by atoms with Crippen molar-refractivity contribution in [1.82, 2.24) is 20.2 Å². The number of amides is 1. The lowest BCUT2D eigenvalue weighted by Crippen LogP contribution is -2.27. The quantitative estimate of drug-likeness (QED) is 0.604.